The Hall–Kier alpha value is -2.35. The van der Waals surface area contributed by atoms with Crippen molar-refractivity contribution in [2.75, 3.05) is 11.9 Å². The molecule has 0 radical (unpaired) electrons. The Morgan fingerprint density at radius 1 is 1.36 bits per heavy atom. The number of nitrogens with one attached hydrogen (secondary N) is 1. The molecule has 2 heterocycles. The summed E-state index contributed by atoms with van der Waals surface area (Å²) in [5.41, 5.74) is 0.368. The van der Waals surface area contributed by atoms with Crippen LogP contribution >= 0.6 is 0 Å². The number of nitrogens with zero attached hydrogens (tertiary/aromatic N) is 2. The van der Waals surface area contributed by atoms with E-state index in [4.69, 9.17) is 4.74 Å². The predicted octanol–water partition coefficient (Wildman–Crippen LogP) is 1.99. The highest BCUT2D eigenvalue weighted by Crippen LogP contribution is 2.35. The minimum absolute atomic E-state index is 0.0428. The minimum Gasteiger partial charge on any atom is -0.461 e. The van der Waals surface area contributed by atoms with Gasteiger partial charge in [0.2, 0.25) is 0 Å². The summed E-state index contributed by atoms with van der Waals surface area (Å²) in [4.78, 5) is 16.1. The third-order valence-corrected chi connectivity index (χ3v) is 4.86. The summed E-state index contributed by atoms with van der Waals surface area (Å²) < 4.78 is 31.1. The molecule has 116 valence electrons. The van der Waals surface area contributed by atoms with Crippen molar-refractivity contribution in [1.82, 2.24) is 8.96 Å². The number of aromatic nitrogens is 2. The largest absolute Gasteiger partial charge is 0.461 e. The first kappa shape index (κ1) is 14.6. The first-order valence-corrected chi connectivity index (χ1v) is 8.21. The van der Waals surface area contributed by atoms with E-state index >= 15 is 0 Å². The Kier molecular flexibility index (Phi) is 3.40. The zero-order valence-corrected chi connectivity index (χ0v) is 12.9. The molecule has 0 atom stereocenters. The third kappa shape index (κ3) is 2.25. The molecular weight excluding hydrogens is 306 g/mol. The first-order chi connectivity index (χ1) is 10.4. The fourth-order valence-corrected chi connectivity index (χ4v) is 3.52. The lowest BCUT2D eigenvalue weighted by Gasteiger charge is -2.20. The molecule has 1 N–H and O–H groups in total. The average molecular weight is 321 g/mol. The molecule has 0 unspecified atom stereocenters. The number of benzene rings is 1. The predicted molar refractivity (Wildman–Crippen MR) is 79.7 cm³/mol. The topological polar surface area (TPSA) is 90.3 Å². The molecule has 1 aromatic heterocycles. The second kappa shape index (κ2) is 5.13. The van der Waals surface area contributed by atoms with Crippen LogP contribution in [0.15, 0.2) is 35.5 Å². The Balaban J connectivity index is 2.02. The quantitative estimate of drug-likeness (QED) is 0.742. The number of rotatable bonds is 3. The number of hydrogen-bond acceptors (Lipinski definition) is 6. The van der Waals surface area contributed by atoms with Gasteiger partial charge < -0.3 is 10.1 Å². The van der Waals surface area contributed by atoms with Crippen molar-refractivity contribution in [1.29, 1.82) is 0 Å². The maximum atomic E-state index is 12.5. The normalized spacial score (nSPS) is 14.9. The first-order valence-electron chi connectivity index (χ1n) is 6.77. The molecule has 0 fully saturated rings. The van der Waals surface area contributed by atoms with Crippen LogP contribution in [0.3, 0.4) is 0 Å². The molecule has 0 spiro atoms. The lowest BCUT2D eigenvalue weighted by molar-refractivity contribution is 0.0454. The highest BCUT2D eigenvalue weighted by atomic mass is 32.2. The lowest BCUT2D eigenvalue weighted by Crippen LogP contribution is -2.22. The van der Waals surface area contributed by atoms with Gasteiger partial charge in [-0.3, -0.25) is 0 Å². The standard InChI is InChI=1S/C14H15N3O4S/c1-9(2)7-21-14(18)12-13-16-10-5-3-4-6-11(10)22(19,20)17(13)8-15-12/h3-6,8-9,16H,7H2,1-2H3. The Labute approximate surface area is 128 Å². The third-order valence-electron chi connectivity index (χ3n) is 3.15. The molecular formula is C14H15N3O4S. The summed E-state index contributed by atoms with van der Waals surface area (Å²) in [5, 5.41) is 2.93. The number of hydrogen-bond donors (Lipinski definition) is 1. The van der Waals surface area contributed by atoms with Gasteiger partial charge in [0.25, 0.3) is 10.0 Å². The fraction of sp³-hybridized carbons (Fsp3) is 0.286. The van der Waals surface area contributed by atoms with Gasteiger partial charge in [-0.1, -0.05) is 26.0 Å². The van der Waals surface area contributed by atoms with Gasteiger partial charge in [-0.15, -0.1) is 0 Å². The van der Waals surface area contributed by atoms with E-state index in [0.717, 1.165) is 10.3 Å². The van der Waals surface area contributed by atoms with Gasteiger partial charge in [-0.25, -0.2) is 22.2 Å². The van der Waals surface area contributed by atoms with Crippen LogP contribution in [0, 0.1) is 5.92 Å². The SMILES string of the molecule is CC(C)COC(=O)c1ncn2c1Nc1ccccc1S2(=O)=O. The smallest absolute Gasteiger partial charge is 0.360 e. The molecule has 1 aromatic carbocycles. The minimum atomic E-state index is -3.76. The molecule has 22 heavy (non-hydrogen) atoms. The number of carbonyl (C=O) groups is 1. The second-order valence-electron chi connectivity index (χ2n) is 5.36. The summed E-state index contributed by atoms with van der Waals surface area (Å²) in [6.45, 7) is 4.07. The number of fused-ring (bicyclic) bond motifs is 2. The Morgan fingerprint density at radius 2 is 2.09 bits per heavy atom. The number of para-hydroxylation sites is 1. The van der Waals surface area contributed by atoms with Crippen LogP contribution in [0.25, 0.3) is 0 Å². The molecule has 8 heteroatoms. The zero-order valence-electron chi connectivity index (χ0n) is 12.1. The highest BCUT2D eigenvalue weighted by molar-refractivity contribution is 7.90. The Bertz CT molecular complexity index is 840. The van der Waals surface area contributed by atoms with Crippen molar-refractivity contribution in [3.05, 3.63) is 36.3 Å². The van der Waals surface area contributed by atoms with Gasteiger partial charge >= 0.3 is 5.97 Å². The lowest BCUT2D eigenvalue weighted by atomic mass is 10.2. The maximum absolute atomic E-state index is 12.5. The van der Waals surface area contributed by atoms with Gasteiger partial charge in [0, 0.05) is 0 Å². The van der Waals surface area contributed by atoms with Crippen molar-refractivity contribution in [3.8, 4) is 0 Å². The van der Waals surface area contributed by atoms with E-state index in [1.165, 1.54) is 6.07 Å². The molecule has 2 aromatic rings. The van der Waals surface area contributed by atoms with Gasteiger partial charge in [0.15, 0.2) is 11.5 Å². The fourth-order valence-electron chi connectivity index (χ4n) is 2.12. The molecule has 1 aliphatic rings. The van der Waals surface area contributed by atoms with Crippen LogP contribution < -0.4 is 5.32 Å². The molecule has 0 saturated carbocycles. The van der Waals surface area contributed by atoms with Gasteiger partial charge in [0.1, 0.15) is 11.2 Å². The molecule has 7 nitrogen and oxygen atoms in total. The number of anilines is 2. The van der Waals surface area contributed by atoms with E-state index in [1.807, 2.05) is 13.8 Å². The highest BCUT2D eigenvalue weighted by Gasteiger charge is 2.33. The van der Waals surface area contributed by atoms with Crippen LogP contribution in [0.1, 0.15) is 24.3 Å². The van der Waals surface area contributed by atoms with E-state index in [9.17, 15) is 13.2 Å². The molecule has 0 bridgehead atoms. The van der Waals surface area contributed by atoms with Crippen molar-refractivity contribution in [3.63, 3.8) is 0 Å². The van der Waals surface area contributed by atoms with Crippen LogP contribution in [0.5, 0.6) is 0 Å². The van der Waals surface area contributed by atoms with Gasteiger partial charge in [-0.05, 0) is 18.1 Å². The van der Waals surface area contributed by atoms with E-state index in [-0.39, 0.29) is 28.9 Å². The molecule has 3 rings (SSSR count). The van der Waals surface area contributed by atoms with Crippen LogP contribution in [0.4, 0.5) is 11.5 Å². The molecule has 0 saturated heterocycles. The maximum Gasteiger partial charge on any atom is 0.360 e. The summed E-state index contributed by atoms with van der Waals surface area (Å²) in [5.74, 6) is -0.364. The number of carbonyl (C=O) groups excluding carboxylic acids is 1. The van der Waals surface area contributed by atoms with Crippen molar-refractivity contribution >= 4 is 27.5 Å². The summed E-state index contributed by atoms with van der Waals surface area (Å²) in [7, 11) is -3.76. The van der Waals surface area contributed by atoms with Crippen molar-refractivity contribution < 1.29 is 17.9 Å². The summed E-state index contributed by atoms with van der Waals surface area (Å²) >= 11 is 0. The van der Waals surface area contributed by atoms with Crippen LogP contribution in [0.2, 0.25) is 0 Å². The molecule has 0 amide bonds. The Morgan fingerprint density at radius 3 is 2.82 bits per heavy atom. The van der Waals surface area contributed by atoms with Gasteiger partial charge in [0.05, 0.1) is 12.3 Å². The number of esters is 1. The monoisotopic (exact) mass is 321 g/mol. The summed E-state index contributed by atoms with van der Waals surface area (Å²) in [6, 6.07) is 6.48. The molecule has 0 aliphatic carbocycles. The van der Waals surface area contributed by atoms with Crippen LogP contribution in [-0.4, -0.2) is 30.0 Å². The average Bonchev–Trinajstić information content (AvgIpc) is 2.90. The zero-order chi connectivity index (χ0) is 15.9. The van der Waals surface area contributed by atoms with E-state index < -0.39 is 16.0 Å². The number of ether oxygens (including phenoxy) is 1. The summed E-state index contributed by atoms with van der Waals surface area (Å²) in [6.07, 6.45) is 1.11. The second-order valence-corrected chi connectivity index (χ2v) is 7.14. The van der Waals surface area contributed by atoms with E-state index in [1.54, 1.807) is 18.2 Å². The van der Waals surface area contributed by atoms with Gasteiger partial charge in [-0.2, -0.15) is 0 Å². The number of imidazole rings is 1. The van der Waals surface area contributed by atoms with Crippen molar-refractivity contribution in [2.45, 2.75) is 18.7 Å². The van der Waals surface area contributed by atoms with E-state index in [0.29, 0.717) is 5.69 Å². The molecule has 1 aliphatic heterocycles. The van der Waals surface area contributed by atoms with Crippen LogP contribution in [-0.2, 0) is 14.8 Å². The van der Waals surface area contributed by atoms with Crippen molar-refractivity contribution in [2.24, 2.45) is 5.92 Å². The van der Waals surface area contributed by atoms with E-state index in [2.05, 4.69) is 10.3 Å².